The maximum Gasteiger partial charge on any atom is 0.225 e. The van der Waals surface area contributed by atoms with Crippen molar-refractivity contribution in [3.63, 3.8) is 0 Å². The van der Waals surface area contributed by atoms with Crippen molar-refractivity contribution >= 4 is 11.8 Å². The van der Waals surface area contributed by atoms with Crippen molar-refractivity contribution in [2.75, 3.05) is 20.3 Å². The molecule has 1 N–H and O–H groups in total. The fourth-order valence-corrected chi connectivity index (χ4v) is 3.31. The molecule has 114 valence electrons. The Bertz CT molecular complexity index is 353. The van der Waals surface area contributed by atoms with Gasteiger partial charge in [0, 0.05) is 32.2 Å². The molecular weight excluding hydrogens is 256 g/mol. The van der Waals surface area contributed by atoms with Crippen LogP contribution >= 0.6 is 0 Å². The molecule has 5 nitrogen and oxygen atoms in total. The van der Waals surface area contributed by atoms with E-state index in [0.717, 1.165) is 12.8 Å². The Balaban J connectivity index is 1.86. The summed E-state index contributed by atoms with van der Waals surface area (Å²) >= 11 is 0. The van der Waals surface area contributed by atoms with Gasteiger partial charge in [0.15, 0.2) is 0 Å². The summed E-state index contributed by atoms with van der Waals surface area (Å²) < 4.78 is 5.01. The predicted molar refractivity (Wildman–Crippen MR) is 76.2 cm³/mol. The Morgan fingerprint density at radius 1 is 1.40 bits per heavy atom. The molecule has 1 aliphatic heterocycles. The number of nitrogens with one attached hydrogen (secondary N) is 1. The van der Waals surface area contributed by atoms with Gasteiger partial charge >= 0.3 is 0 Å². The van der Waals surface area contributed by atoms with Gasteiger partial charge in [-0.15, -0.1) is 0 Å². The Labute approximate surface area is 121 Å². The van der Waals surface area contributed by atoms with Crippen molar-refractivity contribution in [1.82, 2.24) is 10.2 Å². The number of carbonyl (C=O) groups excluding carboxylic acids is 2. The summed E-state index contributed by atoms with van der Waals surface area (Å²) in [4.78, 5) is 26.2. The topological polar surface area (TPSA) is 58.6 Å². The molecular formula is C15H26N2O3. The molecule has 1 aliphatic carbocycles. The standard InChI is InChI=1S/C15H26N2O3/c1-11(10-20-2)16-15(19)12-8-14(18)17(9-12)13-6-4-3-5-7-13/h11-13H,3-10H2,1-2H3,(H,16,19). The minimum atomic E-state index is -0.191. The Kier molecular flexibility index (Phi) is 5.40. The molecule has 1 saturated carbocycles. The van der Waals surface area contributed by atoms with E-state index >= 15 is 0 Å². The van der Waals surface area contributed by atoms with Crippen LogP contribution in [0, 0.1) is 5.92 Å². The zero-order valence-corrected chi connectivity index (χ0v) is 12.6. The average Bonchev–Trinajstić information content (AvgIpc) is 2.82. The van der Waals surface area contributed by atoms with E-state index in [1.165, 1.54) is 19.3 Å². The fourth-order valence-electron chi connectivity index (χ4n) is 3.31. The number of carbonyl (C=O) groups is 2. The first-order valence-electron chi connectivity index (χ1n) is 7.70. The lowest BCUT2D eigenvalue weighted by Gasteiger charge is -2.31. The SMILES string of the molecule is COCC(C)NC(=O)C1CC(=O)N(C2CCCCC2)C1. The predicted octanol–water partition coefficient (Wildman–Crippen LogP) is 1.32. The maximum absolute atomic E-state index is 12.2. The maximum atomic E-state index is 12.2. The van der Waals surface area contributed by atoms with Gasteiger partial charge in [0.2, 0.25) is 11.8 Å². The minimum absolute atomic E-state index is 0.00803. The summed E-state index contributed by atoms with van der Waals surface area (Å²) in [5, 5.41) is 2.92. The molecule has 2 aliphatic rings. The van der Waals surface area contributed by atoms with Crippen LogP contribution in [0.5, 0.6) is 0 Å². The van der Waals surface area contributed by atoms with Gasteiger partial charge in [0.25, 0.3) is 0 Å². The van der Waals surface area contributed by atoms with Crippen molar-refractivity contribution < 1.29 is 14.3 Å². The fraction of sp³-hybridized carbons (Fsp3) is 0.867. The normalized spacial score (nSPS) is 25.8. The van der Waals surface area contributed by atoms with Gasteiger partial charge in [-0.05, 0) is 19.8 Å². The van der Waals surface area contributed by atoms with Crippen LogP contribution in [-0.4, -0.2) is 49.1 Å². The van der Waals surface area contributed by atoms with E-state index in [-0.39, 0.29) is 23.8 Å². The van der Waals surface area contributed by atoms with Crippen molar-refractivity contribution in [2.45, 2.75) is 57.5 Å². The number of rotatable bonds is 5. The molecule has 2 amide bonds. The number of hydrogen-bond donors (Lipinski definition) is 1. The summed E-state index contributed by atoms with van der Waals surface area (Å²) in [6.45, 7) is 3.00. The zero-order chi connectivity index (χ0) is 14.5. The number of amides is 2. The highest BCUT2D eigenvalue weighted by Gasteiger charge is 2.38. The molecule has 0 aromatic carbocycles. The molecule has 5 heteroatoms. The summed E-state index contributed by atoms with van der Waals surface area (Å²) in [5.41, 5.74) is 0. The Hall–Kier alpha value is -1.10. The van der Waals surface area contributed by atoms with Gasteiger partial charge < -0.3 is 15.0 Å². The van der Waals surface area contributed by atoms with Crippen LogP contribution in [0.25, 0.3) is 0 Å². The third-order valence-electron chi connectivity index (χ3n) is 4.35. The molecule has 0 radical (unpaired) electrons. The molecule has 0 aromatic heterocycles. The van der Waals surface area contributed by atoms with Crippen molar-refractivity contribution in [3.05, 3.63) is 0 Å². The first-order valence-corrected chi connectivity index (χ1v) is 7.70. The molecule has 2 rings (SSSR count). The largest absolute Gasteiger partial charge is 0.383 e. The second-order valence-electron chi connectivity index (χ2n) is 6.10. The quantitative estimate of drug-likeness (QED) is 0.827. The summed E-state index contributed by atoms with van der Waals surface area (Å²) in [6, 6.07) is 0.358. The third kappa shape index (κ3) is 3.72. The second kappa shape index (κ2) is 7.07. The van der Waals surface area contributed by atoms with E-state index in [1.807, 2.05) is 11.8 Å². The van der Waals surface area contributed by atoms with Crippen LogP contribution in [0.2, 0.25) is 0 Å². The molecule has 2 unspecified atom stereocenters. The third-order valence-corrected chi connectivity index (χ3v) is 4.35. The van der Waals surface area contributed by atoms with Gasteiger partial charge in [-0.25, -0.2) is 0 Å². The Morgan fingerprint density at radius 2 is 2.10 bits per heavy atom. The van der Waals surface area contributed by atoms with Crippen LogP contribution in [-0.2, 0) is 14.3 Å². The van der Waals surface area contributed by atoms with E-state index in [0.29, 0.717) is 25.6 Å². The number of hydrogen-bond acceptors (Lipinski definition) is 3. The number of nitrogens with zero attached hydrogens (tertiary/aromatic N) is 1. The van der Waals surface area contributed by atoms with Crippen LogP contribution in [0.4, 0.5) is 0 Å². The van der Waals surface area contributed by atoms with E-state index in [1.54, 1.807) is 7.11 Å². The lowest BCUT2D eigenvalue weighted by atomic mass is 9.94. The minimum Gasteiger partial charge on any atom is -0.383 e. The van der Waals surface area contributed by atoms with Gasteiger partial charge in [0.05, 0.1) is 12.5 Å². The highest BCUT2D eigenvalue weighted by atomic mass is 16.5. The van der Waals surface area contributed by atoms with Crippen LogP contribution in [0.3, 0.4) is 0 Å². The second-order valence-corrected chi connectivity index (χ2v) is 6.10. The highest BCUT2D eigenvalue weighted by Crippen LogP contribution is 2.28. The Morgan fingerprint density at radius 3 is 2.75 bits per heavy atom. The van der Waals surface area contributed by atoms with Gasteiger partial charge in [0.1, 0.15) is 0 Å². The monoisotopic (exact) mass is 282 g/mol. The van der Waals surface area contributed by atoms with E-state index in [4.69, 9.17) is 4.74 Å². The molecule has 0 aromatic rings. The van der Waals surface area contributed by atoms with Crippen molar-refractivity contribution in [3.8, 4) is 0 Å². The zero-order valence-electron chi connectivity index (χ0n) is 12.6. The summed E-state index contributed by atoms with van der Waals surface area (Å²) in [6.07, 6.45) is 6.24. The number of likely N-dealkylation sites (tertiary alicyclic amines) is 1. The number of ether oxygens (including phenoxy) is 1. The smallest absolute Gasteiger partial charge is 0.225 e. The average molecular weight is 282 g/mol. The molecule has 2 fully saturated rings. The molecule has 0 bridgehead atoms. The molecule has 0 spiro atoms. The van der Waals surface area contributed by atoms with Gasteiger partial charge in [-0.2, -0.15) is 0 Å². The van der Waals surface area contributed by atoms with E-state index in [9.17, 15) is 9.59 Å². The van der Waals surface area contributed by atoms with Crippen molar-refractivity contribution in [1.29, 1.82) is 0 Å². The van der Waals surface area contributed by atoms with Crippen LogP contribution in [0.1, 0.15) is 45.4 Å². The van der Waals surface area contributed by atoms with E-state index < -0.39 is 0 Å². The first-order chi connectivity index (χ1) is 9.61. The van der Waals surface area contributed by atoms with Crippen LogP contribution < -0.4 is 5.32 Å². The summed E-state index contributed by atoms with van der Waals surface area (Å²) in [5.74, 6) is -0.0543. The van der Waals surface area contributed by atoms with Crippen molar-refractivity contribution in [2.24, 2.45) is 5.92 Å². The van der Waals surface area contributed by atoms with Gasteiger partial charge in [-0.3, -0.25) is 9.59 Å². The lowest BCUT2D eigenvalue weighted by molar-refractivity contribution is -0.130. The summed E-state index contributed by atoms with van der Waals surface area (Å²) in [7, 11) is 1.62. The molecule has 1 heterocycles. The first kappa shape index (κ1) is 15.3. The van der Waals surface area contributed by atoms with E-state index in [2.05, 4.69) is 5.32 Å². The number of methoxy groups -OCH3 is 1. The lowest BCUT2D eigenvalue weighted by Crippen LogP contribution is -2.42. The molecule has 1 saturated heterocycles. The van der Waals surface area contributed by atoms with Gasteiger partial charge in [-0.1, -0.05) is 19.3 Å². The molecule has 20 heavy (non-hydrogen) atoms. The highest BCUT2D eigenvalue weighted by molar-refractivity contribution is 5.89. The van der Waals surface area contributed by atoms with Crippen LogP contribution in [0.15, 0.2) is 0 Å². The molecule has 2 atom stereocenters.